The summed E-state index contributed by atoms with van der Waals surface area (Å²) in [5, 5.41) is 4.19. The zero-order valence-corrected chi connectivity index (χ0v) is 17.6. The van der Waals surface area contributed by atoms with E-state index in [0.29, 0.717) is 0 Å². The van der Waals surface area contributed by atoms with Gasteiger partial charge in [-0.25, -0.2) is 0 Å². The summed E-state index contributed by atoms with van der Waals surface area (Å²) < 4.78 is 0. The van der Waals surface area contributed by atoms with Crippen LogP contribution in [0.15, 0.2) is 115 Å². The Balaban J connectivity index is 1.93. The van der Waals surface area contributed by atoms with Crippen LogP contribution in [0.5, 0.6) is 0 Å². The van der Waals surface area contributed by atoms with Crippen molar-refractivity contribution in [2.45, 2.75) is 13.1 Å². The maximum atomic E-state index is 11.7. The summed E-state index contributed by atoms with van der Waals surface area (Å²) in [6.45, 7) is 1.62. The van der Waals surface area contributed by atoms with Gasteiger partial charge in [0.25, 0.3) is 0 Å². The van der Waals surface area contributed by atoms with Crippen LogP contribution < -0.4 is 15.9 Å². The van der Waals surface area contributed by atoms with E-state index >= 15 is 0 Å². The molecule has 0 unspecified atom stereocenters. The Morgan fingerprint density at radius 1 is 0.586 bits per heavy atom. The van der Waals surface area contributed by atoms with Crippen LogP contribution in [0, 0.1) is 0 Å². The number of hydrogen-bond donors (Lipinski definition) is 0. The number of rotatable bonds is 6. The number of carbonyl (C=O) groups excluding carboxylic acids is 1. The van der Waals surface area contributed by atoms with Crippen LogP contribution in [0.4, 0.5) is 0 Å². The topological polar surface area (TPSA) is 17.1 Å². The molecule has 0 aliphatic carbocycles. The first-order chi connectivity index (χ1) is 14.2. The van der Waals surface area contributed by atoms with Gasteiger partial charge in [-0.2, -0.15) is 0 Å². The summed E-state index contributed by atoms with van der Waals surface area (Å²) in [5.74, 6) is 0.106. The third-order valence-corrected chi connectivity index (χ3v) is 10.5. The van der Waals surface area contributed by atoms with E-state index in [9.17, 15) is 4.79 Å². The Kier molecular flexibility index (Phi) is 5.69. The van der Waals surface area contributed by atoms with Crippen LogP contribution in [0.25, 0.3) is 0 Å². The standard InChI is InChI=1S/C27H25OP/c1-22(28)24-19-17-23(18-20-24)21-29(25-11-5-2-6-12-25,26-13-7-3-8-14-26)27-15-9-4-10-16-27/h2-20,29H,21H2,1H3. The van der Waals surface area contributed by atoms with Crippen LogP contribution in [0.1, 0.15) is 22.8 Å². The summed E-state index contributed by atoms with van der Waals surface area (Å²) in [6.07, 6.45) is 0.948. The molecule has 1 nitrogen and oxygen atoms in total. The van der Waals surface area contributed by atoms with Gasteiger partial charge in [0.2, 0.25) is 0 Å². The summed E-state index contributed by atoms with van der Waals surface area (Å²) in [5.41, 5.74) is 2.03. The van der Waals surface area contributed by atoms with E-state index in [0.717, 1.165) is 11.7 Å². The van der Waals surface area contributed by atoms with Gasteiger partial charge in [0.1, 0.15) is 0 Å². The normalized spacial score (nSPS) is 11.8. The number of ketones is 1. The first kappa shape index (κ1) is 19.3. The molecule has 0 N–H and O–H groups in total. The molecule has 29 heavy (non-hydrogen) atoms. The molecule has 4 aromatic rings. The number of hydrogen-bond acceptors (Lipinski definition) is 1. The van der Waals surface area contributed by atoms with Gasteiger partial charge >= 0.3 is 173 Å². The second kappa shape index (κ2) is 8.55. The molecule has 144 valence electrons. The Morgan fingerprint density at radius 2 is 0.966 bits per heavy atom. The van der Waals surface area contributed by atoms with Crippen molar-refractivity contribution in [2.24, 2.45) is 0 Å². The van der Waals surface area contributed by atoms with Gasteiger partial charge in [-0.05, 0) is 0 Å². The van der Waals surface area contributed by atoms with E-state index in [2.05, 4.69) is 103 Å². The van der Waals surface area contributed by atoms with E-state index in [1.165, 1.54) is 21.5 Å². The molecule has 0 aliphatic rings. The van der Waals surface area contributed by atoms with Crippen LogP contribution in [0.3, 0.4) is 0 Å². The van der Waals surface area contributed by atoms with Gasteiger partial charge in [-0.15, -0.1) is 0 Å². The van der Waals surface area contributed by atoms with Crippen LogP contribution in [-0.2, 0) is 6.16 Å². The quantitative estimate of drug-likeness (QED) is 0.327. The molecule has 4 rings (SSSR count). The molecule has 0 spiro atoms. The number of Topliss-reactive ketones (excluding diaryl/α,β-unsaturated/α-hetero) is 1. The maximum absolute atomic E-state index is 11.7. The minimum absolute atomic E-state index is 0.106. The van der Waals surface area contributed by atoms with Gasteiger partial charge in [0, 0.05) is 0 Å². The summed E-state index contributed by atoms with van der Waals surface area (Å²) in [4.78, 5) is 11.7. The average molecular weight is 396 g/mol. The molecular weight excluding hydrogens is 371 g/mol. The summed E-state index contributed by atoms with van der Waals surface area (Å²) >= 11 is 0. The van der Waals surface area contributed by atoms with Gasteiger partial charge in [-0.1, -0.05) is 0 Å². The molecule has 0 saturated carbocycles. The average Bonchev–Trinajstić information content (AvgIpc) is 2.79. The molecule has 0 radical (unpaired) electrons. The van der Waals surface area contributed by atoms with E-state index in [4.69, 9.17) is 0 Å². The molecule has 2 heteroatoms. The molecule has 0 aromatic heterocycles. The molecule has 0 heterocycles. The van der Waals surface area contributed by atoms with Crippen LogP contribution in [-0.4, -0.2) is 5.78 Å². The molecule has 0 bridgehead atoms. The SMILES string of the molecule is CC(=O)c1ccc(C[PH](c2ccccc2)(c2ccccc2)c2ccccc2)cc1. The Hall–Kier alpha value is -3.02. The number of carbonyl (C=O) groups is 1. The van der Waals surface area contributed by atoms with Crippen molar-refractivity contribution < 1.29 is 4.79 Å². The van der Waals surface area contributed by atoms with Crippen molar-refractivity contribution in [3.8, 4) is 0 Å². The van der Waals surface area contributed by atoms with Crippen molar-refractivity contribution in [2.75, 3.05) is 0 Å². The van der Waals surface area contributed by atoms with E-state index in [1.54, 1.807) is 6.92 Å². The fourth-order valence-electron chi connectivity index (χ4n) is 4.14. The van der Waals surface area contributed by atoms with Crippen molar-refractivity contribution >= 4 is 29.0 Å². The third-order valence-electron chi connectivity index (χ3n) is 5.63. The third kappa shape index (κ3) is 3.92. The second-order valence-corrected chi connectivity index (χ2v) is 11.3. The first-order valence-electron chi connectivity index (χ1n) is 9.96. The monoisotopic (exact) mass is 396 g/mol. The summed E-state index contributed by atoms with van der Waals surface area (Å²) in [7, 11) is -2.29. The molecular formula is C27H25OP. The molecule has 4 aromatic carbocycles. The van der Waals surface area contributed by atoms with Gasteiger partial charge in [-0.3, -0.25) is 0 Å². The summed E-state index contributed by atoms with van der Waals surface area (Å²) in [6, 6.07) is 40.9. The van der Waals surface area contributed by atoms with Crippen LogP contribution >= 0.6 is 7.26 Å². The van der Waals surface area contributed by atoms with Gasteiger partial charge in [0.15, 0.2) is 0 Å². The fourth-order valence-corrected chi connectivity index (χ4v) is 8.88. The predicted octanol–water partition coefficient (Wildman–Crippen LogP) is 5.12. The molecule has 0 amide bonds. The van der Waals surface area contributed by atoms with Crippen molar-refractivity contribution in [3.63, 3.8) is 0 Å². The Bertz CT molecular complexity index is 975. The molecule has 0 atom stereocenters. The van der Waals surface area contributed by atoms with E-state index in [1.807, 2.05) is 12.1 Å². The Morgan fingerprint density at radius 3 is 1.31 bits per heavy atom. The van der Waals surface area contributed by atoms with Crippen molar-refractivity contribution in [3.05, 3.63) is 126 Å². The Labute approximate surface area is 173 Å². The second-order valence-electron chi connectivity index (χ2n) is 7.43. The zero-order valence-electron chi connectivity index (χ0n) is 16.6. The van der Waals surface area contributed by atoms with Gasteiger partial charge < -0.3 is 0 Å². The first-order valence-corrected chi connectivity index (χ1v) is 12.2. The van der Waals surface area contributed by atoms with Crippen molar-refractivity contribution in [1.29, 1.82) is 0 Å². The molecule has 0 saturated heterocycles. The van der Waals surface area contributed by atoms with E-state index in [-0.39, 0.29) is 5.78 Å². The zero-order chi connectivity index (χ0) is 20.1. The minimum atomic E-state index is -2.29. The van der Waals surface area contributed by atoms with Gasteiger partial charge in [0.05, 0.1) is 0 Å². The van der Waals surface area contributed by atoms with Crippen molar-refractivity contribution in [1.82, 2.24) is 0 Å². The predicted molar refractivity (Wildman–Crippen MR) is 127 cm³/mol. The van der Waals surface area contributed by atoms with Crippen LogP contribution in [0.2, 0.25) is 0 Å². The molecule has 0 aliphatic heterocycles. The fraction of sp³-hybridized carbons (Fsp3) is 0.0741. The number of benzene rings is 4. The molecule has 0 fully saturated rings. The van der Waals surface area contributed by atoms with E-state index < -0.39 is 7.26 Å².